The van der Waals surface area contributed by atoms with Crippen molar-refractivity contribution in [3.05, 3.63) is 35.4 Å². The van der Waals surface area contributed by atoms with Crippen LogP contribution < -0.4 is 10.0 Å². The van der Waals surface area contributed by atoms with E-state index in [0.717, 1.165) is 23.3 Å². The van der Waals surface area contributed by atoms with E-state index in [4.69, 9.17) is 0 Å². The standard InChI is InChI=1S/C14H18N4O3S2/c1-4-11-5-7-12(8-6-11)9(2)18-23(20,21)14-17-16-13(22-14)15-10(3)19/h5-9,18H,4H2,1-3H3,(H,15,16,19). The highest BCUT2D eigenvalue weighted by atomic mass is 32.2. The number of nitrogens with one attached hydrogen (secondary N) is 2. The summed E-state index contributed by atoms with van der Waals surface area (Å²) in [7, 11) is -3.79. The van der Waals surface area contributed by atoms with Crippen LogP contribution in [0.2, 0.25) is 0 Å². The molecule has 1 atom stereocenters. The summed E-state index contributed by atoms with van der Waals surface area (Å²) >= 11 is 0.807. The first-order chi connectivity index (χ1) is 10.8. The summed E-state index contributed by atoms with van der Waals surface area (Å²) in [6.45, 7) is 5.13. The van der Waals surface area contributed by atoms with Crippen LogP contribution in [0.5, 0.6) is 0 Å². The molecule has 0 radical (unpaired) electrons. The molecule has 0 aliphatic rings. The molecule has 1 heterocycles. The Labute approximate surface area is 139 Å². The molecule has 1 aromatic heterocycles. The molecule has 0 spiro atoms. The molecule has 2 aromatic rings. The monoisotopic (exact) mass is 354 g/mol. The van der Waals surface area contributed by atoms with Crippen molar-refractivity contribution in [2.75, 3.05) is 5.32 Å². The highest BCUT2D eigenvalue weighted by Gasteiger charge is 2.23. The van der Waals surface area contributed by atoms with Gasteiger partial charge in [-0.3, -0.25) is 4.79 Å². The molecule has 1 amide bonds. The average Bonchev–Trinajstić information content (AvgIpc) is 2.95. The van der Waals surface area contributed by atoms with E-state index in [2.05, 4.69) is 27.2 Å². The van der Waals surface area contributed by atoms with Gasteiger partial charge in [0.1, 0.15) is 0 Å². The third-order valence-corrected chi connectivity index (χ3v) is 5.89. The largest absolute Gasteiger partial charge is 0.301 e. The summed E-state index contributed by atoms with van der Waals surface area (Å²) in [6.07, 6.45) is 0.928. The van der Waals surface area contributed by atoms with Gasteiger partial charge in [-0.25, -0.2) is 13.1 Å². The summed E-state index contributed by atoms with van der Waals surface area (Å²) in [6, 6.07) is 7.34. The number of aromatic nitrogens is 2. The summed E-state index contributed by atoms with van der Waals surface area (Å²) in [4.78, 5) is 10.9. The topological polar surface area (TPSA) is 101 Å². The zero-order chi connectivity index (χ0) is 17.0. The molecular weight excluding hydrogens is 336 g/mol. The van der Waals surface area contributed by atoms with Gasteiger partial charge in [-0.2, -0.15) is 0 Å². The van der Waals surface area contributed by atoms with Gasteiger partial charge in [-0.15, -0.1) is 10.2 Å². The quantitative estimate of drug-likeness (QED) is 0.774. The molecule has 0 aliphatic carbocycles. The average molecular weight is 354 g/mol. The van der Waals surface area contributed by atoms with Crippen molar-refractivity contribution in [1.82, 2.24) is 14.9 Å². The number of rotatable bonds is 6. The molecule has 9 heteroatoms. The van der Waals surface area contributed by atoms with Crippen molar-refractivity contribution >= 4 is 32.4 Å². The van der Waals surface area contributed by atoms with Crippen LogP contribution in [0.25, 0.3) is 0 Å². The number of anilines is 1. The molecule has 124 valence electrons. The normalized spacial score (nSPS) is 12.8. The van der Waals surface area contributed by atoms with E-state index in [1.807, 2.05) is 24.3 Å². The second-order valence-corrected chi connectivity index (χ2v) is 7.86. The first-order valence-corrected chi connectivity index (χ1v) is 9.34. The Morgan fingerprint density at radius 3 is 2.48 bits per heavy atom. The zero-order valence-corrected chi connectivity index (χ0v) is 14.7. The van der Waals surface area contributed by atoms with E-state index >= 15 is 0 Å². The van der Waals surface area contributed by atoms with Crippen LogP contribution in [0.1, 0.15) is 37.9 Å². The van der Waals surface area contributed by atoms with Crippen molar-refractivity contribution < 1.29 is 13.2 Å². The summed E-state index contributed by atoms with van der Waals surface area (Å²) < 4.78 is 27.0. The molecule has 0 saturated heterocycles. The number of hydrogen-bond acceptors (Lipinski definition) is 6. The fraction of sp³-hybridized carbons (Fsp3) is 0.357. The lowest BCUT2D eigenvalue weighted by atomic mass is 10.1. The van der Waals surface area contributed by atoms with Crippen LogP contribution >= 0.6 is 11.3 Å². The molecule has 7 nitrogen and oxygen atoms in total. The summed E-state index contributed by atoms with van der Waals surface area (Å²) in [5, 5.41) is 9.82. The van der Waals surface area contributed by atoms with E-state index in [1.54, 1.807) is 6.92 Å². The molecule has 1 unspecified atom stereocenters. The van der Waals surface area contributed by atoms with Gasteiger partial charge in [-0.05, 0) is 24.5 Å². The third kappa shape index (κ3) is 4.57. The van der Waals surface area contributed by atoms with Gasteiger partial charge >= 0.3 is 0 Å². The van der Waals surface area contributed by atoms with Gasteiger partial charge in [-0.1, -0.05) is 42.5 Å². The lowest BCUT2D eigenvalue weighted by Gasteiger charge is -2.13. The number of carbonyl (C=O) groups is 1. The number of amides is 1. The highest BCUT2D eigenvalue weighted by molar-refractivity contribution is 7.91. The molecule has 0 saturated carbocycles. The molecule has 0 bridgehead atoms. The van der Waals surface area contributed by atoms with Crippen molar-refractivity contribution in [3.63, 3.8) is 0 Å². The molecule has 1 aromatic carbocycles. The van der Waals surface area contributed by atoms with E-state index in [9.17, 15) is 13.2 Å². The molecule has 0 aliphatic heterocycles. The fourth-order valence-corrected chi connectivity index (χ4v) is 4.11. The van der Waals surface area contributed by atoms with E-state index in [0.29, 0.717) is 0 Å². The Kier molecular flexibility index (Phi) is 5.45. The molecule has 2 rings (SSSR count). The highest BCUT2D eigenvalue weighted by Crippen LogP contribution is 2.22. The van der Waals surface area contributed by atoms with Gasteiger partial charge in [0.25, 0.3) is 10.0 Å². The van der Waals surface area contributed by atoms with E-state index in [1.165, 1.54) is 12.5 Å². The Morgan fingerprint density at radius 1 is 1.26 bits per heavy atom. The van der Waals surface area contributed by atoms with E-state index in [-0.39, 0.29) is 15.4 Å². The lowest BCUT2D eigenvalue weighted by molar-refractivity contribution is -0.114. The predicted molar refractivity (Wildman–Crippen MR) is 88.8 cm³/mol. The molecule has 23 heavy (non-hydrogen) atoms. The van der Waals surface area contributed by atoms with Crippen LogP contribution in [0.3, 0.4) is 0 Å². The first kappa shape index (κ1) is 17.5. The molecule has 0 fully saturated rings. The van der Waals surface area contributed by atoms with Crippen LogP contribution in [-0.4, -0.2) is 24.5 Å². The lowest BCUT2D eigenvalue weighted by Crippen LogP contribution is -2.26. The Hall–Kier alpha value is -1.84. The number of aryl methyl sites for hydroxylation is 1. The van der Waals surface area contributed by atoms with Gasteiger partial charge in [0.15, 0.2) is 0 Å². The maximum Gasteiger partial charge on any atom is 0.270 e. The number of benzene rings is 1. The van der Waals surface area contributed by atoms with Crippen LogP contribution in [0.4, 0.5) is 5.13 Å². The Bertz CT molecular complexity index is 785. The van der Waals surface area contributed by atoms with Crippen LogP contribution in [0.15, 0.2) is 28.6 Å². The zero-order valence-electron chi connectivity index (χ0n) is 13.0. The second kappa shape index (κ2) is 7.16. The van der Waals surface area contributed by atoms with Gasteiger partial charge in [0.05, 0.1) is 0 Å². The molecule has 2 N–H and O–H groups in total. The Morgan fingerprint density at radius 2 is 1.91 bits per heavy atom. The Balaban J connectivity index is 2.13. The number of carbonyl (C=O) groups excluding carboxylic acids is 1. The SMILES string of the molecule is CCc1ccc(C(C)NS(=O)(=O)c2nnc(NC(C)=O)s2)cc1. The number of sulfonamides is 1. The smallest absolute Gasteiger partial charge is 0.270 e. The fourth-order valence-electron chi connectivity index (χ4n) is 1.91. The maximum absolute atomic E-state index is 12.3. The maximum atomic E-state index is 12.3. The van der Waals surface area contributed by atoms with Crippen LogP contribution in [-0.2, 0) is 21.2 Å². The number of nitrogens with zero attached hydrogens (tertiary/aromatic N) is 2. The van der Waals surface area contributed by atoms with Crippen molar-refractivity contribution in [2.24, 2.45) is 0 Å². The third-order valence-electron chi connectivity index (χ3n) is 3.14. The molecular formula is C14H18N4O3S2. The van der Waals surface area contributed by atoms with Gasteiger partial charge in [0, 0.05) is 13.0 Å². The minimum atomic E-state index is -3.79. The minimum absolute atomic E-state index is 0.151. The first-order valence-electron chi connectivity index (χ1n) is 7.04. The van der Waals surface area contributed by atoms with Crippen molar-refractivity contribution in [1.29, 1.82) is 0 Å². The predicted octanol–water partition coefficient (Wildman–Crippen LogP) is 2.10. The second-order valence-electron chi connectivity index (χ2n) is 4.99. The van der Waals surface area contributed by atoms with Crippen LogP contribution in [0, 0.1) is 0 Å². The van der Waals surface area contributed by atoms with Crippen molar-refractivity contribution in [2.45, 2.75) is 37.6 Å². The summed E-state index contributed by atoms with van der Waals surface area (Å²) in [5.41, 5.74) is 2.05. The minimum Gasteiger partial charge on any atom is -0.301 e. The van der Waals surface area contributed by atoms with Gasteiger partial charge < -0.3 is 5.32 Å². The summed E-state index contributed by atoms with van der Waals surface area (Å²) in [5.74, 6) is -0.331. The van der Waals surface area contributed by atoms with E-state index < -0.39 is 16.1 Å². The van der Waals surface area contributed by atoms with Crippen molar-refractivity contribution in [3.8, 4) is 0 Å². The van der Waals surface area contributed by atoms with Gasteiger partial charge in [0.2, 0.25) is 15.4 Å². The number of hydrogen-bond donors (Lipinski definition) is 2.